The van der Waals surface area contributed by atoms with Gasteiger partial charge >= 0.3 is 0 Å². The van der Waals surface area contributed by atoms with E-state index in [4.69, 9.17) is 5.73 Å². The predicted molar refractivity (Wildman–Crippen MR) is 54.9 cm³/mol. The Hall–Kier alpha value is -1.49. The number of carbonyl (C=O) groups is 1. The van der Waals surface area contributed by atoms with E-state index in [1.54, 1.807) is 4.90 Å². The van der Waals surface area contributed by atoms with Crippen LogP contribution in [0.2, 0.25) is 0 Å². The Kier molecular flexibility index (Phi) is 2.87. The number of likely N-dealkylation sites (tertiary alicyclic amines) is 1. The Bertz CT molecular complexity index is 422. The van der Waals surface area contributed by atoms with Crippen LogP contribution < -0.4 is 5.73 Å². The minimum absolute atomic E-state index is 0.0192. The normalized spacial score (nSPS) is 20.2. The fourth-order valence-electron chi connectivity index (χ4n) is 1.78. The van der Waals surface area contributed by atoms with Crippen molar-refractivity contribution in [3.05, 3.63) is 35.4 Å². The van der Waals surface area contributed by atoms with Crippen molar-refractivity contribution in [1.29, 1.82) is 0 Å². The first kappa shape index (κ1) is 11.0. The molecule has 1 atom stereocenters. The van der Waals surface area contributed by atoms with Gasteiger partial charge in [-0.15, -0.1) is 0 Å². The van der Waals surface area contributed by atoms with Gasteiger partial charge in [0.25, 0.3) is 5.91 Å². The zero-order valence-electron chi connectivity index (χ0n) is 8.62. The number of carbonyl (C=O) groups excluding carboxylic acids is 1. The van der Waals surface area contributed by atoms with Crippen molar-refractivity contribution in [3.8, 4) is 0 Å². The summed E-state index contributed by atoms with van der Waals surface area (Å²) in [7, 11) is 0. The van der Waals surface area contributed by atoms with E-state index in [1.807, 2.05) is 0 Å². The number of hydrogen-bond donors (Lipinski definition) is 1. The van der Waals surface area contributed by atoms with Crippen molar-refractivity contribution in [2.45, 2.75) is 12.5 Å². The highest BCUT2D eigenvalue weighted by Gasteiger charge is 2.24. The molecule has 0 bridgehead atoms. The molecule has 1 fully saturated rings. The fraction of sp³-hybridized carbons (Fsp3) is 0.364. The van der Waals surface area contributed by atoms with Crippen LogP contribution in [0.25, 0.3) is 0 Å². The molecule has 0 spiro atoms. The largest absolute Gasteiger partial charge is 0.337 e. The highest BCUT2D eigenvalue weighted by molar-refractivity contribution is 5.94. The van der Waals surface area contributed by atoms with E-state index in [0.717, 1.165) is 18.6 Å². The van der Waals surface area contributed by atoms with Crippen molar-refractivity contribution >= 4 is 5.91 Å². The molecule has 86 valence electrons. The van der Waals surface area contributed by atoms with E-state index in [1.165, 1.54) is 6.07 Å². The topological polar surface area (TPSA) is 46.3 Å². The Morgan fingerprint density at radius 1 is 1.38 bits per heavy atom. The second kappa shape index (κ2) is 4.17. The standard InChI is InChI=1S/C11H12F2N2O/c12-9-2-1-7(5-10(9)13)11(16)15-4-3-8(14)6-15/h1-2,5,8H,3-4,6,14H2/t8-/m1/s1. The number of benzene rings is 1. The first-order valence-electron chi connectivity index (χ1n) is 5.08. The summed E-state index contributed by atoms with van der Waals surface area (Å²) in [6.45, 7) is 1.04. The summed E-state index contributed by atoms with van der Waals surface area (Å²) in [5, 5.41) is 0. The maximum atomic E-state index is 12.9. The van der Waals surface area contributed by atoms with Crippen molar-refractivity contribution < 1.29 is 13.6 Å². The summed E-state index contributed by atoms with van der Waals surface area (Å²) in [5.74, 6) is -2.25. The minimum atomic E-state index is -1.01. The average Bonchev–Trinajstić information content (AvgIpc) is 2.68. The second-order valence-corrected chi connectivity index (χ2v) is 3.93. The van der Waals surface area contributed by atoms with Crippen LogP contribution in [0.5, 0.6) is 0 Å². The molecule has 1 heterocycles. The van der Waals surface area contributed by atoms with Gasteiger partial charge in [0.05, 0.1) is 0 Å². The van der Waals surface area contributed by atoms with E-state index in [-0.39, 0.29) is 17.5 Å². The van der Waals surface area contributed by atoms with E-state index in [0.29, 0.717) is 13.1 Å². The van der Waals surface area contributed by atoms with Gasteiger partial charge in [0.1, 0.15) is 0 Å². The van der Waals surface area contributed by atoms with Gasteiger partial charge in [0, 0.05) is 24.7 Å². The first-order valence-corrected chi connectivity index (χ1v) is 5.08. The molecule has 2 rings (SSSR count). The maximum absolute atomic E-state index is 12.9. The maximum Gasteiger partial charge on any atom is 0.254 e. The Balaban J connectivity index is 2.18. The lowest BCUT2D eigenvalue weighted by atomic mass is 10.2. The number of hydrogen-bond acceptors (Lipinski definition) is 2. The van der Waals surface area contributed by atoms with Crippen LogP contribution in [0.15, 0.2) is 18.2 Å². The lowest BCUT2D eigenvalue weighted by Crippen LogP contribution is -2.31. The number of nitrogens with two attached hydrogens (primary N) is 1. The van der Waals surface area contributed by atoms with Gasteiger partial charge in [-0.3, -0.25) is 4.79 Å². The summed E-state index contributed by atoms with van der Waals surface area (Å²) >= 11 is 0. The molecule has 1 saturated heterocycles. The summed E-state index contributed by atoms with van der Waals surface area (Å²) in [6.07, 6.45) is 0.745. The van der Waals surface area contributed by atoms with Gasteiger partial charge in [0.15, 0.2) is 11.6 Å². The van der Waals surface area contributed by atoms with Crippen molar-refractivity contribution in [2.24, 2.45) is 5.73 Å². The number of rotatable bonds is 1. The van der Waals surface area contributed by atoms with Crippen LogP contribution >= 0.6 is 0 Å². The zero-order chi connectivity index (χ0) is 11.7. The molecule has 1 aliphatic rings. The van der Waals surface area contributed by atoms with Crippen LogP contribution in [0, 0.1) is 11.6 Å². The van der Waals surface area contributed by atoms with Gasteiger partial charge in [-0.1, -0.05) is 0 Å². The quantitative estimate of drug-likeness (QED) is 0.780. The summed E-state index contributed by atoms with van der Waals surface area (Å²) in [6, 6.07) is 3.14. The molecule has 0 aromatic heterocycles. The molecule has 1 aromatic rings. The SMILES string of the molecule is N[C@@H]1CCN(C(=O)c2ccc(F)c(F)c2)C1. The van der Waals surface area contributed by atoms with Crippen molar-refractivity contribution in [3.63, 3.8) is 0 Å². The third kappa shape index (κ3) is 2.04. The molecule has 16 heavy (non-hydrogen) atoms. The smallest absolute Gasteiger partial charge is 0.254 e. The van der Waals surface area contributed by atoms with Gasteiger partial charge in [-0.05, 0) is 24.6 Å². The summed E-state index contributed by atoms with van der Waals surface area (Å²) in [4.78, 5) is 13.4. The monoisotopic (exact) mass is 226 g/mol. The zero-order valence-corrected chi connectivity index (χ0v) is 8.62. The van der Waals surface area contributed by atoms with Gasteiger partial charge in [-0.2, -0.15) is 0 Å². The molecule has 0 aliphatic carbocycles. The molecule has 1 aliphatic heterocycles. The van der Waals surface area contributed by atoms with E-state index in [2.05, 4.69) is 0 Å². The second-order valence-electron chi connectivity index (χ2n) is 3.93. The number of amides is 1. The first-order chi connectivity index (χ1) is 7.58. The molecular weight excluding hydrogens is 214 g/mol. The molecule has 3 nitrogen and oxygen atoms in total. The molecular formula is C11H12F2N2O. The number of nitrogens with zero attached hydrogens (tertiary/aromatic N) is 1. The lowest BCUT2D eigenvalue weighted by molar-refractivity contribution is 0.0790. The molecule has 0 radical (unpaired) electrons. The van der Waals surface area contributed by atoms with Crippen LogP contribution in [-0.2, 0) is 0 Å². The van der Waals surface area contributed by atoms with Crippen LogP contribution in [0.1, 0.15) is 16.8 Å². The highest BCUT2D eigenvalue weighted by Crippen LogP contribution is 2.14. The Morgan fingerprint density at radius 2 is 2.12 bits per heavy atom. The van der Waals surface area contributed by atoms with Crippen LogP contribution in [0.3, 0.4) is 0 Å². The van der Waals surface area contributed by atoms with Crippen molar-refractivity contribution in [1.82, 2.24) is 4.90 Å². The van der Waals surface area contributed by atoms with E-state index >= 15 is 0 Å². The van der Waals surface area contributed by atoms with E-state index in [9.17, 15) is 13.6 Å². The molecule has 2 N–H and O–H groups in total. The third-order valence-corrected chi connectivity index (χ3v) is 2.68. The van der Waals surface area contributed by atoms with Gasteiger partial charge < -0.3 is 10.6 Å². The summed E-state index contributed by atoms with van der Waals surface area (Å²) < 4.78 is 25.6. The molecule has 1 aromatic carbocycles. The Morgan fingerprint density at radius 3 is 2.69 bits per heavy atom. The lowest BCUT2D eigenvalue weighted by Gasteiger charge is -2.15. The van der Waals surface area contributed by atoms with Gasteiger partial charge in [0.2, 0.25) is 0 Å². The van der Waals surface area contributed by atoms with E-state index < -0.39 is 11.6 Å². The fourth-order valence-corrected chi connectivity index (χ4v) is 1.78. The third-order valence-electron chi connectivity index (χ3n) is 2.68. The summed E-state index contributed by atoms with van der Waals surface area (Å²) in [5.41, 5.74) is 5.83. The molecule has 0 unspecified atom stereocenters. The average molecular weight is 226 g/mol. The Labute approximate surface area is 91.8 Å². The van der Waals surface area contributed by atoms with Crippen LogP contribution in [0.4, 0.5) is 8.78 Å². The highest BCUT2D eigenvalue weighted by atomic mass is 19.2. The molecule has 1 amide bonds. The molecule has 5 heteroatoms. The molecule has 0 saturated carbocycles. The predicted octanol–water partition coefficient (Wildman–Crippen LogP) is 1.14. The van der Waals surface area contributed by atoms with Crippen LogP contribution in [-0.4, -0.2) is 29.9 Å². The minimum Gasteiger partial charge on any atom is -0.337 e. The van der Waals surface area contributed by atoms with Gasteiger partial charge in [-0.25, -0.2) is 8.78 Å². The number of halogens is 2. The van der Waals surface area contributed by atoms with Crippen molar-refractivity contribution in [2.75, 3.05) is 13.1 Å².